The van der Waals surface area contributed by atoms with E-state index in [2.05, 4.69) is 5.32 Å². The number of halogens is 3. The van der Waals surface area contributed by atoms with Gasteiger partial charge in [0.15, 0.2) is 6.10 Å². The monoisotopic (exact) mass is 373 g/mol. The molecule has 5 nitrogen and oxygen atoms in total. The summed E-state index contributed by atoms with van der Waals surface area (Å²) in [4.78, 5) is 12.3. The van der Waals surface area contributed by atoms with Crippen LogP contribution in [0.2, 0.25) is 0 Å². The van der Waals surface area contributed by atoms with Crippen molar-refractivity contribution in [3.63, 3.8) is 0 Å². The van der Waals surface area contributed by atoms with E-state index >= 15 is 0 Å². The summed E-state index contributed by atoms with van der Waals surface area (Å²) in [7, 11) is 0. The summed E-state index contributed by atoms with van der Waals surface area (Å²) >= 11 is 0. The Labute approximate surface area is 149 Å². The van der Waals surface area contributed by atoms with Gasteiger partial charge in [-0.15, -0.1) is 0 Å². The molecule has 1 N–H and O–H groups in total. The zero-order valence-corrected chi connectivity index (χ0v) is 14.3. The Morgan fingerprint density at radius 1 is 1.15 bits per heavy atom. The number of alkyl halides is 3. The maximum absolute atomic E-state index is 13.1. The molecule has 8 heteroatoms. The van der Waals surface area contributed by atoms with Gasteiger partial charge in [-0.25, -0.2) is 0 Å². The van der Waals surface area contributed by atoms with Crippen LogP contribution in [0.4, 0.5) is 13.2 Å². The summed E-state index contributed by atoms with van der Waals surface area (Å²) in [6.07, 6.45) is -4.01. The molecule has 0 aromatic heterocycles. The largest absolute Gasteiger partial charge is 0.416 e. The van der Waals surface area contributed by atoms with Gasteiger partial charge in [0.2, 0.25) is 0 Å². The zero-order chi connectivity index (χ0) is 18.6. The Morgan fingerprint density at radius 3 is 2.58 bits per heavy atom. The average Bonchev–Trinajstić information content (AvgIpc) is 2.67. The van der Waals surface area contributed by atoms with Crippen LogP contribution in [0.15, 0.2) is 24.3 Å². The number of carbonyl (C=O) groups is 1. The zero-order valence-electron chi connectivity index (χ0n) is 14.3. The quantitative estimate of drug-likeness (QED) is 0.880. The highest BCUT2D eigenvalue weighted by molar-refractivity contribution is 5.81. The second-order valence-electron chi connectivity index (χ2n) is 6.62. The molecule has 2 aliphatic rings. The topological polar surface area (TPSA) is 56.8 Å². The first-order chi connectivity index (χ1) is 12.4. The van der Waals surface area contributed by atoms with E-state index in [1.165, 1.54) is 12.1 Å². The number of ether oxygens (including phenoxy) is 3. The minimum Gasteiger partial charge on any atom is -0.381 e. The molecule has 1 aromatic rings. The van der Waals surface area contributed by atoms with Crippen LogP contribution >= 0.6 is 0 Å². The van der Waals surface area contributed by atoms with Crippen molar-refractivity contribution in [1.29, 1.82) is 0 Å². The molecular weight excluding hydrogens is 351 g/mol. The summed E-state index contributed by atoms with van der Waals surface area (Å²) in [5.74, 6) is -0.303. The predicted molar refractivity (Wildman–Crippen MR) is 86.7 cm³/mol. The lowest BCUT2D eigenvalue weighted by atomic mass is 9.73. The lowest BCUT2D eigenvalue weighted by molar-refractivity contribution is -0.148. The molecule has 1 aromatic carbocycles. The van der Waals surface area contributed by atoms with Crippen molar-refractivity contribution in [3.8, 4) is 0 Å². The number of hydrogen-bond donors (Lipinski definition) is 1. The van der Waals surface area contributed by atoms with Gasteiger partial charge in [-0.2, -0.15) is 13.2 Å². The number of benzene rings is 1. The van der Waals surface area contributed by atoms with Gasteiger partial charge in [0.1, 0.15) is 0 Å². The Kier molecular flexibility index (Phi) is 5.84. The lowest BCUT2D eigenvalue weighted by Crippen LogP contribution is -2.49. The van der Waals surface area contributed by atoms with Crippen molar-refractivity contribution in [2.24, 2.45) is 0 Å². The van der Waals surface area contributed by atoms with E-state index in [9.17, 15) is 18.0 Å². The molecule has 0 bridgehead atoms. The van der Waals surface area contributed by atoms with Gasteiger partial charge in [0.05, 0.1) is 25.4 Å². The van der Waals surface area contributed by atoms with Gasteiger partial charge in [0.25, 0.3) is 5.91 Å². The van der Waals surface area contributed by atoms with Crippen LogP contribution in [-0.2, 0) is 30.6 Å². The lowest BCUT2D eigenvalue weighted by Gasteiger charge is -2.38. The van der Waals surface area contributed by atoms with Crippen molar-refractivity contribution in [2.45, 2.75) is 30.5 Å². The number of rotatable bonds is 4. The van der Waals surface area contributed by atoms with Crippen molar-refractivity contribution in [2.75, 3.05) is 39.6 Å². The molecule has 144 valence electrons. The number of nitrogens with one attached hydrogen (secondary N) is 1. The SMILES string of the molecule is O=C(NCC1(c2cccc(C(F)(F)F)c2)CCOCC1)[C@H]1COCCO1. The molecule has 3 rings (SSSR count). The van der Waals surface area contributed by atoms with Crippen molar-refractivity contribution >= 4 is 5.91 Å². The first-order valence-corrected chi connectivity index (χ1v) is 8.63. The summed E-state index contributed by atoms with van der Waals surface area (Å²) in [6.45, 7) is 2.10. The summed E-state index contributed by atoms with van der Waals surface area (Å²) in [6, 6.07) is 5.34. The van der Waals surface area contributed by atoms with Gasteiger partial charge in [-0.1, -0.05) is 18.2 Å². The second-order valence-corrected chi connectivity index (χ2v) is 6.62. The normalized spacial score (nSPS) is 23.4. The van der Waals surface area contributed by atoms with E-state index in [0.717, 1.165) is 6.07 Å². The molecule has 0 unspecified atom stereocenters. The van der Waals surface area contributed by atoms with E-state index in [0.29, 0.717) is 44.8 Å². The fourth-order valence-corrected chi connectivity index (χ4v) is 3.36. The molecular formula is C18H22F3NO4. The Hall–Kier alpha value is -1.64. The molecule has 26 heavy (non-hydrogen) atoms. The van der Waals surface area contributed by atoms with Crippen molar-refractivity contribution in [1.82, 2.24) is 5.32 Å². The van der Waals surface area contributed by atoms with Crippen LogP contribution in [0.25, 0.3) is 0 Å². The van der Waals surface area contributed by atoms with E-state index in [1.54, 1.807) is 6.07 Å². The van der Waals surface area contributed by atoms with E-state index in [-0.39, 0.29) is 19.1 Å². The molecule has 1 atom stereocenters. The van der Waals surface area contributed by atoms with Crippen LogP contribution < -0.4 is 5.32 Å². The molecule has 2 fully saturated rings. The Morgan fingerprint density at radius 2 is 1.92 bits per heavy atom. The molecule has 2 heterocycles. The fourth-order valence-electron chi connectivity index (χ4n) is 3.36. The highest BCUT2D eigenvalue weighted by Crippen LogP contribution is 2.37. The predicted octanol–water partition coefficient (Wildman–Crippen LogP) is 2.29. The third-order valence-corrected chi connectivity index (χ3v) is 4.96. The number of carbonyl (C=O) groups excluding carboxylic acids is 1. The van der Waals surface area contributed by atoms with Crippen LogP contribution in [0, 0.1) is 0 Å². The minimum absolute atomic E-state index is 0.186. The third kappa shape index (κ3) is 4.36. The Bertz CT molecular complexity index is 623. The smallest absolute Gasteiger partial charge is 0.381 e. The standard InChI is InChI=1S/C18H22F3NO4/c19-18(20,21)14-3-1-2-13(10-14)17(4-6-24-7-5-17)12-22-16(23)15-11-25-8-9-26-15/h1-3,10,15H,4-9,11-12H2,(H,22,23)/t15-/m1/s1. The summed E-state index contributed by atoms with van der Waals surface area (Å²) in [5.41, 5.74) is -0.710. The van der Waals surface area contributed by atoms with E-state index in [1.807, 2.05) is 0 Å². The number of hydrogen-bond acceptors (Lipinski definition) is 4. The molecule has 0 aliphatic carbocycles. The van der Waals surface area contributed by atoms with E-state index in [4.69, 9.17) is 14.2 Å². The summed E-state index contributed by atoms with van der Waals surface area (Å²) in [5, 5.41) is 2.84. The Balaban J connectivity index is 1.77. The highest BCUT2D eigenvalue weighted by atomic mass is 19.4. The maximum atomic E-state index is 13.1. The van der Waals surface area contributed by atoms with Crippen molar-refractivity contribution < 1.29 is 32.2 Å². The maximum Gasteiger partial charge on any atom is 0.416 e. The second kappa shape index (κ2) is 7.94. The van der Waals surface area contributed by atoms with Crippen molar-refractivity contribution in [3.05, 3.63) is 35.4 Å². The third-order valence-electron chi connectivity index (χ3n) is 4.96. The van der Waals surface area contributed by atoms with Crippen LogP contribution in [0.5, 0.6) is 0 Å². The molecule has 2 saturated heterocycles. The average molecular weight is 373 g/mol. The summed E-state index contributed by atoms with van der Waals surface area (Å²) < 4.78 is 55.3. The minimum atomic E-state index is -4.40. The van der Waals surface area contributed by atoms with Gasteiger partial charge in [-0.3, -0.25) is 4.79 Å². The van der Waals surface area contributed by atoms with E-state index < -0.39 is 23.3 Å². The highest BCUT2D eigenvalue weighted by Gasteiger charge is 2.38. The molecule has 0 radical (unpaired) electrons. The molecule has 0 spiro atoms. The number of amides is 1. The molecule has 0 saturated carbocycles. The van der Waals surface area contributed by atoms with Gasteiger partial charge >= 0.3 is 6.18 Å². The first-order valence-electron chi connectivity index (χ1n) is 8.63. The van der Waals surface area contributed by atoms with Gasteiger partial charge in [0, 0.05) is 25.2 Å². The van der Waals surface area contributed by atoms with Crippen LogP contribution in [-0.4, -0.2) is 51.6 Å². The molecule has 1 amide bonds. The first kappa shape index (κ1) is 19.1. The fraction of sp³-hybridized carbons (Fsp3) is 0.611. The van der Waals surface area contributed by atoms with Gasteiger partial charge < -0.3 is 19.5 Å². The molecule has 2 aliphatic heterocycles. The van der Waals surface area contributed by atoms with Crippen LogP contribution in [0.3, 0.4) is 0 Å². The van der Waals surface area contributed by atoms with Gasteiger partial charge in [-0.05, 0) is 24.5 Å². The van der Waals surface area contributed by atoms with Crippen LogP contribution in [0.1, 0.15) is 24.0 Å².